The molecule has 118 valence electrons. The van der Waals surface area contributed by atoms with Gasteiger partial charge in [0.25, 0.3) is 0 Å². The average molecular weight is 350 g/mol. The van der Waals surface area contributed by atoms with Gasteiger partial charge in [-0.25, -0.2) is 17.9 Å². The number of hydrogen-bond acceptors (Lipinski definition) is 6. The lowest BCUT2D eigenvalue weighted by Gasteiger charge is -2.25. The molecule has 1 aromatic rings. The van der Waals surface area contributed by atoms with Gasteiger partial charge in [-0.05, 0) is 13.0 Å². The second kappa shape index (κ2) is 7.10. The van der Waals surface area contributed by atoms with Crippen molar-refractivity contribution in [1.29, 1.82) is 0 Å². The van der Waals surface area contributed by atoms with E-state index < -0.39 is 16.0 Å². The van der Waals surface area contributed by atoms with Crippen LogP contribution in [0.3, 0.4) is 0 Å². The molecule has 9 heteroatoms. The first-order valence-electron chi connectivity index (χ1n) is 6.53. The minimum Gasteiger partial charge on any atom is -0.477 e. The summed E-state index contributed by atoms with van der Waals surface area (Å²) < 4.78 is 27.0. The van der Waals surface area contributed by atoms with Gasteiger partial charge in [0, 0.05) is 42.6 Å². The first kappa shape index (κ1) is 16.8. The second-order valence-corrected chi connectivity index (χ2v) is 8.90. The highest BCUT2D eigenvalue weighted by atomic mass is 32.2. The summed E-state index contributed by atoms with van der Waals surface area (Å²) in [6.07, 6.45) is 0. The number of hydrogen-bond donors (Lipinski definition) is 2. The molecule has 1 fully saturated rings. The minimum absolute atomic E-state index is 0.0425. The van der Waals surface area contributed by atoms with E-state index in [2.05, 4.69) is 9.62 Å². The largest absolute Gasteiger partial charge is 0.477 e. The molecule has 0 bridgehead atoms. The van der Waals surface area contributed by atoms with E-state index in [-0.39, 0.29) is 9.77 Å². The Morgan fingerprint density at radius 3 is 2.67 bits per heavy atom. The number of sulfonamides is 1. The van der Waals surface area contributed by atoms with Crippen molar-refractivity contribution < 1.29 is 18.3 Å². The summed E-state index contributed by atoms with van der Waals surface area (Å²) in [5, 5.41) is 8.92. The van der Waals surface area contributed by atoms with Crippen molar-refractivity contribution in [3.63, 3.8) is 0 Å². The molecular weight excluding hydrogens is 332 g/mol. The molecule has 0 atom stereocenters. The molecule has 0 saturated carbocycles. The summed E-state index contributed by atoms with van der Waals surface area (Å²) in [5.41, 5.74) is 0. The van der Waals surface area contributed by atoms with Crippen LogP contribution in [0.1, 0.15) is 14.5 Å². The van der Waals surface area contributed by atoms with Crippen molar-refractivity contribution in [3.8, 4) is 0 Å². The van der Waals surface area contributed by atoms with E-state index >= 15 is 0 Å². The molecule has 2 rings (SSSR count). The Morgan fingerprint density at radius 2 is 2.10 bits per heavy atom. The molecule has 1 aliphatic rings. The molecular formula is C12H18N2O4S3. The zero-order valence-electron chi connectivity index (χ0n) is 11.7. The number of carboxylic acids is 1. The summed E-state index contributed by atoms with van der Waals surface area (Å²) in [6.45, 7) is 4.59. The maximum atomic E-state index is 12.2. The Hall–Kier alpha value is -0.610. The number of thiophene rings is 1. The van der Waals surface area contributed by atoms with Gasteiger partial charge < -0.3 is 10.0 Å². The molecule has 1 aromatic heterocycles. The number of carbonyl (C=O) groups is 1. The van der Waals surface area contributed by atoms with E-state index in [1.54, 1.807) is 6.92 Å². The fraction of sp³-hybridized carbons (Fsp3) is 0.583. The van der Waals surface area contributed by atoms with Crippen LogP contribution < -0.4 is 4.72 Å². The topological polar surface area (TPSA) is 86.7 Å². The van der Waals surface area contributed by atoms with Gasteiger partial charge in [-0.3, -0.25) is 0 Å². The van der Waals surface area contributed by atoms with Crippen LogP contribution in [-0.4, -0.2) is 62.1 Å². The van der Waals surface area contributed by atoms with Crippen LogP contribution in [0.25, 0.3) is 0 Å². The zero-order chi connectivity index (χ0) is 15.5. The molecule has 0 aliphatic carbocycles. The fourth-order valence-electron chi connectivity index (χ4n) is 2.08. The lowest BCUT2D eigenvalue weighted by Crippen LogP contribution is -2.39. The first-order chi connectivity index (χ1) is 9.90. The maximum Gasteiger partial charge on any atom is 0.345 e. The standard InChI is InChI=1S/C12H18N2O4S3/c1-9-11(8-10(20-9)12(15)16)21(17,18)13-2-3-14-4-6-19-7-5-14/h8,13H,2-7H2,1H3,(H,15,16). The molecule has 2 heterocycles. The summed E-state index contributed by atoms with van der Waals surface area (Å²) in [7, 11) is -3.64. The SMILES string of the molecule is Cc1sc(C(=O)O)cc1S(=O)(=O)NCCN1CCSCC1. The van der Waals surface area contributed by atoms with Crippen LogP contribution in [0, 0.1) is 6.92 Å². The van der Waals surface area contributed by atoms with Crippen LogP contribution in [0.5, 0.6) is 0 Å². The Labute approximate surface area is 132 Å². The van der Waals surface area contributed by atoms with Crippen LogP contribution in [0.4, 0.5) is 0 Å². The van der Waals surface area contributed by atoms with E-state index in [1.807, 2.05) is 11.8 Å². The highest BCUT2D eigenvalue weighted by Gasteiger charge is 2.22. The number of nitrogens with zero attached hydrogens (tertiary/aromatic N) is 1. The van der Waals surface area contributed by atoms with Crippen LogP contribution in [0.2, 0.25) is 0 Å². The summed E-state index contributed by atoms with van der Waals surface area (Å²) in [6, 6.07) is 1.22. The Kier molecular flexibility index (Phi) is 5.67. The van der Waals surface area contributed by atoms with E-state index in [1.165, 1.54) is 6.07 Å². The van der Waals surface area contributed by atoms with Crippen molar-refractivity contribution >= 4 is 39.1 Å². The summed E-state index contributed by atoms with van der Waals surface area (Å²) in [5.74, 6) is 1.06. The second-order valence-electron chi connectivity index (χ2n) is 4.69. The number of aromatic carboxylic acids is 1. The monoisotopic (exact) mass is 350 g/mol. The molecule has 6 nitrogen and oxygen atoms in total. The fourth-order valence-corrected chi connectivity index (χ4v) is 5.51. The number of nitrogens with one attached hydrogen (secondary N) is 1. The maximum absolute atomic E-state index is 12.2. The van der Waals surface area contributed by atoms with Gasteiger partial charge >= 0.3 is 5.97 Å². The van der Waals surface area contributed by atoms with E-state index in [0.29, 0.717) is 18.0 Å². The lowest BCUT2D eigenvalue weighted by atomic mass is 10.4. The van der Waals surface area contributed by atoms with Gasteiger partial charge in [0.2, 0.25) is 10.0 Å². The van der Waals surface area contributed by atoms with Crippen molar-refractivity contribution in [3.05, 3.63) is 15.8 Å². The first-order valence-corrected chi connectivity index (χ1v) is 9.99. The van der Waals surface area contributed by atoms with E-state index in [0.717, 1.165) is 35.9 Å². The Morgan fingerprint density at radius 1 is 1.43 bits per heavy atom. The van der Waals surface area contributed by atoms with Crippen molar-refractivity contribution in [2.45, 2.75) is 11.8 Å². The van der Waals surface area contributed by atoms with Gasteiger partial charge in [-0.1, -0.05) is 0 Å². The molecule has 0 amide bonds. The molecule has 2 N–H and O–H groups in total. The van der Waals surface area contributed by atoms with Gasteiger partial charge in [-0.15, -0.1) is 11.3 Å². The number of thioether (sulfide) groups is 1. The molecule has 0 unspecified atom stereocenters. The number of rotatable bonds is 6. The van der Waals surface area contributed by atoms with Crippen LogP contribution in [0.15, 0.2) is 11.0 Å². The van der Waals surface area contributed by atoms with Gasteiger partial charge in [0.15, 0.2) is 0 Å². The highest BCUT2D eigenvalue weighted by Crippen LogP contribution is 2.25. The smallest absolute Gasteiger partial charge is 0.345 e. The van der Waals surface area contributed by atoms with Crippen LogP contribution in [-0.2, 0) is 10.0 Å². The molecule has 0 spiro atoms. The Bertz CT molecular complexity index is 606. The molecule has 0 radical (unpaired) electrons. The third kappa shape index (κ3) is 4.43. The normalized spacial score (nSPS) is 17.0. The number of carboxylic acid groups (broad SMARTS) is 1. The quantitative estimate of drug-likeness (QED) is 0.798. The third-order valence-electron chi connectivity index (χ3n) is 3.20. The minimum atomic E-state index is -3.64. The molecule has 21 heavy (non-hydrogen) atoms. The molecule has 1 saturated heterocycles. The highest BCUT2D eigenvalue weighted by molar-refractivity contribution is 7.99. The van der Waals surface area contributed by atoms with Gasteiger partial charge in [0.05, 0.1) is 4.90 Å². The molecule has 0 aromatic carbocycles. The van der Waals surface area contributed by atoms with Crippen molar-refractivity contribution in [2.24, 2.45) is 0 Å². The summed E-state index contributed by atoms with van der Waals surface area (Å²) >= 11 is 2.89. The van der Waals surface area contributed by atoms with Crippen LogP contribution >= 0.6 is 23.1 Å². The van der Waals surface area contributed by atoms with Gasteiger partial charge in [0.1, 0.15) is 4.88 Å². The van der Waals surface area contributed by atoms with E-state index in [4.69, 9.17) is 5.11 Å². The van der Waals surface area contributed by atoms with E-state index in [9.17, 15) is 13.2 Å². The van der Waals surface area contributed by atoms with Crippen molar-refractivity contribution in [1.82, 2.24) is 9.62 Å². The number of aryl methyl sites for hydroxylation is 1. The average Bonchev–Trinajstić information content (AvgIpc) is 2.83. The predicted octanol–water partition coefficient (Wildman–Crippen LogP) is 1.08. The zero-order valence-corrected chi connectivity index (χ0v) is 14.1. The summed E-state index contributed by atoms with van der Waals surface area (Å²) in [4.78, 5) is 13.7. The predicted molar refractivity (Wildman–Crippen MR) is 85.0 cm³/mol. The Balaban J connectivity index is 1.96. The molecule has 1 aliphatic heterocycles. The lowest BCUT2D eigenvalue weighted by molar-refractivity contribution is 0.0702. The van der Waals surface area contributed by atoms with Crippen molar-refractivity contribution in [2.75, 3.05) is 37.7 Å². The third-order valence-corrected chi connectivity index (χ3v) is 6.89. The van der Waals surface area contributed by atoms with Gasteiger partial charge in [-0.2, -0.15) is 11.8 Å².